The van der Waals surface area contributed by atoms with Crippen LogP contribution in [0.4, 0.5) is 8.78 Å². The molecule has 3 aromatic carbocycles. The summed E-state index contributed by atoms with van der Waals surface area (Å²) in [4.78, 5) is 0. The molecule has 0 unspecified atom stereocenters. The number of unbranched alkanes of at least 4 members (excludes halogenated alkanes) is 2. The zero-order chi connectivity index (χ0) is 20.5. The summed E-state index contributed by atoms with van der Waals surface area (Å²) in [5.41, 5.74) is 3.25. The lowest BCUT2D eigenvalue weighted by Crippen LogP contribution is -1.87. The first-order valence-corrected chi connectivity index (χ1v) is 9.83. The molecule has 0 aliphatic rings. The zero-order valence-electron chi connectivity index (χ0n) is 16.4. The van der Waals surface area contributed by atoms with Gasteiger partial charge in [-0.05, 0) is 60.9 Å². The van der Waals surface area contributed by atoms with Crippen LogP contribution in [0, 0.1) is 35.3 Å². The van der Waals surface area contributed by atoms with Gasteiger partial charge >= 0.3 is 0 Å². The zero-order valence-corrected chi connectivity index (χ0v) is 16.4. The van der Waals surface area contributed by atoms with Crippen molar-refractivity contribution in [3.63, 3.8) is 0 Å². The van der Waals surface area contributed by atoms with Gasteiger partial charge in [0, 0.05) is 11.1 Å². The van der Waals surface area contributed by atoms with E-state index < -0.39 is 11.6 Å². The Morgan fingerprint density at radius 1 is 0.655 bits per heavy atom. The predicted molar refractivity (Wildman–Crippen MR) is 114 cm³/mol. The van der Waals surface area contributed by atoms with Crippen LogP contribution >= 0.6 is 0 Å². The van der Waals surface area contributed by atoms with Crippen molar-refractivity contribution in [3.8, 4) is 23.7 Å². The summed E-state index contributed by atoms with van der Waals surface area (Å²) in [5.74, 6) is 10.5. The molecule has 3 aromatic rings. The second-order valence-electron chi connectivity index (χ2n) is 6.83. The summed E-state index contributed by atoms with van der Waals surface area (Å²) in [6, 6.07) is 19.0. The highest BCUT2D eigenvalue weighted by molar-refractivity contribution is 5.48. The first kappa shape index (κ1) is 20.4. The van der Waals surface area contributed by atoms with E-state index in [2.05, 4.69) is 42.7 Å². The smallest absolute Gasteiger partial charge is 0.140 e. The maximum Gasteiger partial charge on any atom is 0.140 e. The van der Waals surface area contributed by atoms with Crippen LogP contribution in [0.25, 0.3) is 0 Å². The van der Waals surface area contributed by atoms with Gasteiger partial charge in [0.05, 0.1) is 11.1 Å². The van der Waals surface area contributed by atoms with Crippen LogP contribution in [0.15, 0.2) is 66.7 Å². The van der Waals surface area contributed by atoms with Gasteiger partial charge in [-0.25, -0.2) is 8.78 Å². The largest absolute Gasteiger partial charge is 0.206 e. The molecule has 0 nitrogen and oxygen atoms in total. The van der Waals surface area contributed by atoms with E-state index in [0.717, 1.165) is 12.0 Å². The van der Waals surface area contributed by atoms with Crippen molar-refractivity contribution in [3.05, 3.63) is 106 Å². The fourth-order valence-electron chi connectivity index (χ4n) is 2.87. The molecule has 0 saturated heterocycles. The lowest BCUT2D eigenvalue weighted by molar-refractivity contribution is 0.622. The number of hydrogen-bond donors (Lipinski definition) is 0. The third-order valence-corrected chi connectivity index (χ3v) is 4.55. The van der Waals surface area contributed by atoms with E-state index in [1.807, 2.05) is 12.1 Å². The first-order chi connectivity index (χ1) is 14.2. The van der Waals surface area contributed by atoms with Crippen molar-refractivity contribution in [1.29, 1.82) is 0 Å². The first-order valence-electron chi connectivity index (χ1n) is 9.83. The lowest BCUT2D eigenvalue weighted by atomic mass is 10.1. The average Bonchev–Trinajstić information content (AvgIpc) is 2.74. The molecule has 29 heavy (non-hydrogen) atoms. The van der Waals surface area contributed by atoms with Gasteiger partial charge in [-0.15, -0.1) is 0 Å². The van der Waals surface area contributed by atoms with Crippen LogP contribution in [0.3, 0.4) is 0 Å². The maximum absolute atomic E-state index is 14.3. The third kappa shape index (κ3) is 6.06. The molecule has 0 atom stereocenters. The van der Waals surface area contributed by atoms with Gasteiger partial charge in [0.25, 0.3) is 0 Å². The molecule has 2 heteroatoms. The van der Waals surface area contributed by atoms with Crippen molar-refractivity contribution >= 4 is 0 Å². The maximum atomic E-state index is 14.3. The molecule has 0 saturated carbocycles. The van der Waals surface area contributed by atoms with Crippen molar-refractivity contribution in [1.82, 2.24) is 0 Å². The second kappa shape index (κ2) is 10.3. The molecule has 0 amide bonds. The lowest BCUT2D eigenvalue weighted by Gasteiger charge is -2.00. The summed E-state index contributed by atoms with van der Waals surface area (Å²) >= 11 is 0. The van der Waals surface area contributed by atoms with E-state index in [1.165, 1.54) is 37.0 Å². The topological polar surface area (TPSA) is 0 Å². The van der Waals surface area contributed by atoms with Gasteiger partial charge in [0.1, 0.15) is 11.6 Å². The van der Waals surface area contributed by atoms with Gasteiger partial charge in [0.15, 0.2) is 0 Å². The summed E-state index contributed by atoms with van der Waals surface area (Å²) in [6.45, 7) is 2.20. The SMILES string of the molecule is CCCCCc1ccc(C#Cc2ccc(C#Cc3ccccc3F)c(F)c2)cc1. The Morgan fingerprint density at radius 2 is 1.31 bits per heavy atom. The van der Waals surface area contributed by atoms with Gasteiger partial charge in [-0.1, -0.05) is 67.7 Å². The minimum atomic E-state index is -0.466. The molecule has 0 heterocycles. The van der Waals surface area contributed by atoms with Crippen molar-refractivity contribution in [2.24, 2.45) is 0 Å². The highest BCUT2D eigenvalue weighted by Gasteiger charge is 2.01. The summed E-state index contributed by atoms with van der Waals surface area (Å²) in [7, 11) is 0. The highest BCUT2D eigenvalue weighted by atomic mass is 19.1. The quantitative estimate of drug-likeness (QED) is 0.356. The summed E-state index contributed by atoms with van der Waals surface area (Å²) in [5, 5.41) is 0. The van der Waals surface area contributed by atoms with E-state index in [4.69, 9.17) is 0 Å². The van der Waals surface area contributed by atoms with Crippen LogP contribution in [-0.2, 0) is 6.42 Å². The van der Waals surface area contributed by atoms with Gasteiger partial charge < -0.3 is 0 Å². The molecular formula is C27H22F2. The van der Waals surface area contributed by atoms with Gasteiger partial charge in [-0.3, -0.25) is 0 Å². The van der Waals surface area contributed by atoms with Crippen LogP contribution in [-0.4, -0.2) is 0 Å². The number of halogens is 2. The Hall–Kier alpha value is -3.36. The fourth-order valence-corrected chi connectivity index (χ4v) is 2.87. The Bertz CT molecular complexity index is 1090. The van der Waals surface area contributed by atoms with E-state index >= 15 is 0 Å². The van der Waals surface area contributed by atoms with E-state index in [0.29, 0.717) is 5.56 Å². The average molecular weight is 384 g/mol. The van der Waals surface area contributed by atoms with E-state index in [1.54, 1.807) is 30.3 Å². The van der Waals surface area contributed by atoms with Crippen molar-refractivity contribution in [2.45, 2.75) is 32.6 Å². The van der Waals surface area contributed by atoms with E-state index in [9.17, 15) is 8.78 Å². The summed E-state index contributed by atoms with van der Waals surface area (Å²) < 4.78 is 27.9. The van der Waals surface area contributed by atoms with Crippen LogP contribution in [0.5, 0.6) is 0 Å². The molecular weight excluding hydrogens is 362 g/mol. The van der Waals surface area contributed by atoms with Gasteiger partial charge in [-0.2, -0.15) is 0 Å². The molecule has 0 aliphatic carbocycles. The Kier molecular flexibility index (Phi) is 7.21. The second-order valence-corrected chi connectivity index (χ2v) is 6.83. The predicted octanol–water partition coefficient (Wildman–Crippen LogP) is 6.50. The fraction of sp³-hybridized carbons (Fsp3) is 0.185. The molecule has 3 rings (SSSR count). The summed E-state index contributed by atoms with van der Waals surface area (Å²) in [6.07, 6.45) is 4.75. The normalized spacial score (nSPS) is 9.90. The Labute approximate surface area is 171 Å². The van der Waals surface area contributed by atoms with Crippen molar-refractivity contribution in [2.75, 3.05) is 0 Å². The third-order valence-electron chi connectivity index (χ3n) is 4.55. The van der Waals surface area contributed by atoms with Crippen LogP contribution < -0.4 is 0 Å². The minimum absolute atomic E-state index is 0.218. The highest BCUT2D eigenvalue weighted by Crippen LogP contribution is 2.11. The number of hydrogen-bond acceptors (Lipinski definition) is 0. The van der Waals surface area contributed by atoms with E-state index in [-0.39, 0.29) is 11.1 Å². The van der Waals surface area contributed by atoms with Crippen LogP contribution in [0.1, 0.15) is 54.0 Å². The van der Waals surface area contributed by atoms with Gasteiger partial charge in [0.2, 0.25) is 0 Å². The molecule has 0 aliphatic heterocycles. The standard InChI is InChI=1S/C27H22F2/c1-2-3-4-7-21-10-12-22(13-11-21)14-15-23-16-17-25(27(29)20-23)19-18-24-8-5-6-9-26(24)28/h5-6,8-13,16-17,20H,2-4,7H2,1H3. The van der Waals surface area contributed by atoms with Crippen LogP contribution in [0.2, 0.25) is 0 Å². The molecule has 144 valence electrons. The number of aryl methyl sites for hydroxylation is 1. The molecule has 0 bridgehead atoms. The Morgan fingerprint density at radius 3 is 2.00 bits per heavy atom. The minimum Gasteiger partial charge on any atom is -0.206 e. The molecule has 0 radical (unpaired) electrons. The molecule has 0 fully saturated rings. The molecule has 0 aromatic heterocycles. The number of benzene rings is 3. The van der Waals surface area contributed by atoms with Crippen molar-refractivity contribution < 1.29 is 8.78 Å². The monoisotopic (exact) mass is 384 g/mol. The Balaban J connectivity index is 1.69. The number of rotatable bonds is 4. The molecule has 0 spiro atoms. The molecule has 0 N–H and O–H groups in total.